The van der Waals surface area contributed by atoms with Gasteiger partial charge in [-0.1, -0.05) is 5.16 Å². The molecular weight excluding hydrogens is 261 g/mol. The van der Waals surface area contributed by atoms with E-state index in [1.165, 1.54) is 12.1 Å². The van der Waals surface area contributed by atoms with Crippen LogP contribution in [0.4, 0.5) is 4.39 Å². The second-order valence-electron chi connectivity index (χ2n) is 4.95. The van der Waals surface area contributed by atoms with Crippen LogP contribution in [0.25, 0.3) is 0 Å². The summed E-state index contributed by atoms with van der Waals surface area (Å²) < 4.78 is 24.4. The molecule has 4 nitrogen and oxygen atoms in total. The molecule has 110 valence electrons. The Morgan fingerprint density at radius 3 is 3.10 bits per heavy atom. The van der Waals surface area contributed by atoms with Crippen LogP contribution in [0.2, 0.25) is 0 Å². The fourth-order valence-electron chi connectivity index (χ4n) is 2.33. The van der Waals surface area contributed by atoms with E-state index in [1.54, 1.807) is 13.0 Å². The van der Waals surface area contributed by atoms with Gasteiger partial charge in [0.05, 0.1) is 18.4 Å². The molecule has 20 heavy (non-hydrogen) atoms. The van der Waals surface area contributed by atoms with Gasteiger partial charge in [-0.2, -0.15) is 0 Å². The lowest BCUT2D eigenvalue weighted by Gasteiger charge is -2.12. The quantitative estimate of drug-likeness (QED) is 0.376. The average molecular weight is 281 g/mol. The van der Waals surface area contributed by atoms with Crippen LogP contribution in [0.3, 0.4) is 0 Å². The Morgan fingerprint density at radius 1 is 1.55 bits per heavy atom. The first-order chi connectivity index (χ1) is 9.70. The third-order valence-corrected chi connectivity index (χ3v) is 3.43. The molecule has 1 aromatic carbocycles. The average Bonchev–Trinajstić information content (AvgIpc) is 2.97. The van der Waals surface area contributed by atoms with Gasteiger partial charge in [0.1, 0.15) is 11.6 Å². The molecule has 2 rings (SSSR count). The number of hydrogen-bond donors (Lipinski definition) is 1. The van der Waals surface area contributed by atoms with Crippen molar-refractivity contribution in [1.29, 1.82) is 0 Å². The van der Waals surface area contributed by atoms with E-state index < -0.39 is 0 Å². The van der Waals surface area contributed by atoms with Gasteiger partial charge in [0.15, 0.2) is 0 Å². The van der Waals surface area contributed by atoms with Crippen LogP contribution < -0.4 is 4.74 Å². The zero-order chi connectivity index (χ0) is 14.4. The van der Waals surface area contributed by atoms with Crippen molar-refractivity contribution in [2.75, 3.05) is 13.2 Å². The third kappa shape index (κ3) is 3.93. The molecule has 0 spiro atoms. The first kappa shape index (κ1) is 14.8. The van der Waals surface area contributed by atoms with Crippen molar-refractivity contribution in [3.05, 3.63) is 29.6 Å². The Labute approximate surface area is 118 Å². The highest BCUT2D eigenvalue weighted by Gasteiger charge is 2.15. The summed E-state index contributed by atoms with van der Waals surface area (Å²) in [7, 11) is 0. The van der Waals surface area contributed by atoms with Gasteiger partial charge in [-0.25, -0.2) is 4.39 Å². The molecule has 0 aromatic heterocycles. The first-order valence-corrected chi connectivity index (χ1v) is 6.93. The number of benzene rings is 1. The molecule has 1 aliphatic heterocycles. The molecular formula is C15H20FNO3. The lowest BCUT2D eigenvalue weighted by atomic mass is 10.1. The van der Waals surface area contributed by atoms with Gasteiger partial charge in [-0.05, 0) is 50.8 Å². The minimum atomic E-state index is -0.380. The molecule has 0 aliphatic carbocycles. The zero-order valence-corrected chi connectivity index (χ0v) is 11.6. The second-order valence-corrected chi connectivity index (χ2v) is 4.95. The van der Waals surface area contributed by atoms with Crippen LogP contribution in [0.5, 0.6) is 5.75 Å². The standard InChI is InChI=1S/C15H20FNO3/c1-11(17-18)14-10-12(16)6-7-15(14)20-9-3-5-13-4-2-8-19-13/h6-7,10,13,18H,2-5,8-9H2,1H3/b17-11-. The molecule has 0 bridgehead atoms. The number of ether oxygens (including phenoxy) is 2. The molecule has 1 aromatic rings. The Morgan fingerprint density at radius 2 is 2.40 bits per heavy atom. The van der Waals surface area contributed by atoms with Gasteiger partial charge in [-0.3, -0.25) is 0 Å². The van der Waals surface area contributed by atoms with Crippen LogP contribution in [-0.4, -0.2) is 30.2 Å². The maximum absolute atomic E-state index is 13.2. The van der Waals surface area contributed by atoms with Crippen molar-refractivity contribution in [3.8, 4) is 5.75 Å². The van der Waals surface area contributed by atoms with E-state index in [9.17, 15) is 4.39 Å². The van der Waals surface area contributed by atoms with Gasteiger partial charge >= 0.3 is 0 Å². The Hall–Kier alpha value is -1.62. The van der Waals surface area contributed by atoms with Crippen LogP contribution >= 0.6 is 0 Å². The van der Waals surface area contributed by atoms with E-state index in [0.717, 1.165) is 32.3 Å². The fraction of sp³-hybridized carbons (Fsp3) is 0.533. The number of halogens is 1. The molecule has 5 heteroatoms. The number of hydrogen-bond acceptors (Lipinski definition) is 4. The summed E-state index contributed by atoms with van der Waals surface area (Å²) in [5, 5.41) is 11.9. The molecule has 0 amide bonds. The van der Waals surface area contributed by atoms with Crippen molar-refractivity contribution in [1.82, 2.24) is 0 Å². The van der Waals surface area contributed by atoms with E-state index in [1.807, 2.05) is 0 Å². The molecule has 1 saturated heterocycles. The molecule has 1 atom stereocenters. The first-order valence-electron chi connectivity index (χ1n) is 6.93. The summed E-state index contributed by atoms with van der Waals surface area (Å²) in [6.07, 6.45) is 4.48. The van der Waals surface area contributed by atoms with Crippen molar-refractivity contribution in [3.63, 3.8) is 0 Å². The Kier molecular flexibility index (Phi) is 5.35. The van der Waals surface area contributed by atoms with Crippen molar-refractivity contribution < 1.29 is 19.1 Å². The highest BCUT2D eigenvalue weighted by molar-refractivity contribution is 6.00. The fourth-order valence-corrected chi connectivity index (χ4v) is 2.33. The summed E-state index contributed by atoms with van der Waals surface area (Å²) in [5.74, 6) is 0.156. The molecule has 1 aliphatic rings. The predicted molar refractivity (Wildman–Crippen MR) is 74.1 cm³/mol. The van der Waals surface area contributed by atoms with Gasteiger partial charge in [-0.15, -0.1) is 0 Å². The largest absolute Gasteiger partial charge is 0.493 e. The summed E-state index contributed by atoms with van der Waals surface area (Å²) in [6.45, 7) is 3.00. The normalized spacial score (nSPS) is 19.3. The van der Waals surface area contributed by atoms with Crippen molar-refractivity contribution in [2.24, 2.45) is 5.16 Å². The van der Waals surface area contributed by atoms with Crippen LogP contribution in [0.1, 0.15) is 38.2 Å². The molecule has 1 unspecified atom stereocenters. The van der Waals surface area contributed by atoms with Crippen molar-refractivity contribution >= 4 is 5.71 Å². The molecule has 0 radical (unpaired) electrons. The van der Waals surface area contributed by atoms with Gasteiger partial charge < -0.3 is 14.7 Å². The smallest absolute Gasteiger partial charge is 0.128 e. The minimum Gasteiger partial charge on any atom is -0.493 e. The van der Waals surface area contributed by atoms with E-state index in [-0.39, 0.29) is 5.82 Å². The van der Waals surface area contributed by atoms with E-state index in [0.29, 0.717) is 29.7 Å². The second kappa shape index (κ2) is 7.24. The van der Waals surface area contributed by atoms with Crippen LogP contribution in [0.15, 0.2) is 23.4 Å². The van der Waals surface area contributed by atoms with E-state index in [4.69, 9.17) is 14.7 Å². The summed E-state index contributed by atoms with van der Waals surface area (Å²) in [6, 6.07) is 4.21. The van der Waals surface area contributed by atoms with E-state index in [2.05, 4.69) is 5.16 Å². The Bertz CT molecular complexity index is 470. The lowest BCUT2D eigenvalue weighted by Crippen LogP contribution is -2.09. The van der Waals surface area contributed by atoms with E-state index >= 15 is 0 Å². The van der Waals surface area contributed by atoms with Crippen LogP contribution in [0, 0.1) is 5.82 Å². The summed E-state index contributed by atoms with van der Waals surface area (Å²) >= 11 is 0. The number of rotatable bonds is 6. The highest BCUT2D eigenvalue weighted by Crippen LogP contribution is 2.22. The molecule has 1 heterocycles. The maximum atomic E-state index is 13.2. The maximum Gasteiger partial charge on any atom is 0.128 e. The Balaban J connectivity index is 1.88. The minimum absolute atomic E-state index is 0.332. The summed E-state index contributed by atoms with van der Waals surface area (Å²) in [4.78, 5) is 0. The monoisotopic (exact) mass is 281 g/mol. The molecule has 1 N–H and O–H groups in total. The predicted octanol–water partition coefficient (Wildman–Crippen LogP) is 3.36. The lowest BCUT2D eigenvalue weighted by molar-refractivity contribution is 0.0981. The third-order valence-electron chi connectivity index (χ3n) is 3.43. The van der Waals surface area contributed by atoms with Crippen LogP contribution in [-0.2, 0) is 4.74 Å². The van der Waals surface area contributed by atoms with Gasteiger partial charge in [0.2, 0.25) is 0 Å². The molecule has 0 saturated carbocycles. The topological polar surface area (TPSA) is 51.1 Å². The van der Waals surface area contributed by atoms with Gasteiger partial charge in [0.25, 0.3) is 0 Å². The number of oxime groups is 1. The SMILES string of the molecule is C/C(=N/O)c1cc(F)ccc1OCCCC1CCCO1. The highest BCUT2D eigenvalue weighted by atomic mass is 19.1. The zero-order valence-electron chi connectivity index (χ0n) is 11.6. The van der Waals surface area contributed by atoms with Gasteiger partial charge in [0, 0.05) is 12.2 Å². The van der Waals surface area contributed by atoms with Crippen molar-refractivity contribution in [2.45, 2.75) is 38.7 Å². The molecule has 1 fully saturated rings. The number of nitrogens with zero attached hydrogens (tertiary/aromatic N) is 1. The summed E-state index contributed by atoms with van der Waals surface area (Å²) in [5.41, 5.74) is 0.809.